The van der Waals surface area contributed by atoms with Gasteiger partial charge >= 0.3 is 0 Å². The van der Waals surface area contributed by atoms with Gasteiger partial charge in [0.2, 0.25) is 11.8 Å². The Morgan fingerprint density at radius 3 is 2.76 bits per heavy atom. The van der Waals surface area contributed by atoms with Crippen LogP contribution < -0.4 is 4.90 Å². The molecule has 3 rings (SSSR count). The highest BCUT2D eigenvalue weighted by molar-refractivity contribution is 6.42. The first-order valence-corrected chi connectivity index (χ1v) is 9.39. The molecule has 136 valence electrons. The van der Waals surface area contributed by atoms with E-state index in [9.17, 15) is 9.59 Å². The molecule has 2 fully saturated rings. The van der Waals surface area contributed by atoms with Gasteiger partial charge in [-0.15, -0.1) is 0 Å². The summed E-state index contributed by atoms with van der Waals surface area (Å²) in [5.41, 5.74) is 0.682. The van der Waals surface area contributed by atoms with Crippen molar-refractivity contribution in [2.75, 3.05) is 37.7 Å². The van der Waals surface area contributed by atoms with Crippen molar-refractivity contribution in [2.45, 2.75) is 19.8 Å². The van der Waals surface area contributed by atoms with Gasteiger partial charge in [0.15, 0.2) is 0 Å². The lowest BCUT2D eigenvalue weighted by Crippen LogP contribution is -2.42. The minimum absolute atomic E-state index is 0.0815. The number of rotatable bonds is 5. The normalized spacial score (nSPS) is 23.3. The average Bonchev–Trinajstić information content (AvgIpc) is 3.24. The van der Waals surface area contributed by atoms with Gasteiger partial charge in [-0.25, -0.2) is 0 Å². The van der Waals surface area contributed by atoms with Crippen molar-refractivity contribution < 1.29 is 14.3 Å². The molecular weight excluding hydrogens is 363 g/mol. The summed E-state index contributed by atoms with van der Waals surface area (Å²) in [6, 6.07) is 5.09. The molecular formula is C18H22Cl2N2O3. The molecule has 1 aromatic carbocycles. The number of hydrogen-bond donors (Lipinski definition) is 0. The Kier molecular flexibility index (Phi) is 5.87. The summed E-state index contributed by atoms with van der Waals surface area (Å²) in [6.45, 7) is 5.17. The van der Waals surface area contributed by atoms with Crippen LogP contribution in [0.1, 0.15) is 19.8 Å². The molecule has 0 bridgehead atoms. The fourth-order valence-corrected chi connectivity index (χ4v) is 3.74. The van der Waals surface area contributed by atoms with Gasteiger partial charge in [-0.05, 0) is 38.0 Å². The van der Waals surface area contributed by atoms with E-state index < -0.39 is 5.92 Å². The van der Waals surface area contributed by atoms with E-state index in [1.165, 1.54) is 0 Å². The lowest BCUT2D eigenvalue weighted by atomic mass is 10.0. The van der Waals surface area contributed by atoms with Gasteiger partial charge in [-0.3, -0.25) is 9.59 Å². The predicted molar refractivity (Wildman–Crippen MR) is 98.1 cm³/mol. The van der Waals surface area contributed by atoms with Crippen LogP contribution in [0, 0.1) is 11.8 Å². The number of anilines is 1. The zero-order valence-electron chi connectivity index (χ0n) is 14.2. The second-order valence-electron chi connectivity index (χ2n) is 6.54. The third kappa shape index (κ3) is 3.94. The van der Waals surface area contributed by atoms with Gasteiger partial charge in [0.1, 0.15) is 5.92 Å². The molecule has 2 amide bonds. The highest BCUT2D eigenvalue weighted by Gasteiger charge is 2.40. The molecule has 25 heavy (non-hydrogen) atoms. The maximum absolute atomic E-state index is 12.9. The molecule has 0 spiro atoms. The number of carbonyl (C=O) groups is 2. The number of nitrogens with zero attached hydrogens (tertiary/aromatic N) is 2. The van der Waals surface area contributed by atoms with Crippen molar-refractivity contribution in [3.8, 4) is 0 Å². The Hall–Kier alpha value is -1.30. The molecule has 1 aromatic rings. The first-order chi connectivity index (χ1) is 12.0. The minimum Gasteiger partial charge on any atom is -0.381 e. The van der Waals surface area contributed by atoms with Crippen LogP contribution in [0.25, 0.3) is 0 Å². The fourth-order valence-electron chi connectivity index (χ4n) is 3.45. The van der Waals surface area contributed by atoms with Gasteiger partial charge in [0.05, 0.1) is 16.7 Å². The van der Waals surface area contributed by atoms with Crippen molar-refractivity contribution in [1.29, 1.82) is 0 Å². The van der Waals surface area contributed by atoms with E-state index in [1.54, 1.807) is 28.0 Å². The first kappa shape index (κ1) is 18.5. The average molecular weight is 385 g/mol. The zero-order valence-corrected chi connectivity index (χ0v) is 15.7. The molecule has 2 atom stereocenters. The van der Waals surface area contributed by atoms with E-state index in [2.05, 4.69) is 0 Å². The van der Waals surface area contributed by atoms with Gasteiger partial charge < -0.3 is 14.5 Å². The Balaban J connectivity index is 1.69. The molecule has 0 saturated carbocycles. The monoisotopic (exact) mass is 384 g/mol. The zero-order chi connectivity index (χ0) is 18.0. The molecule has 2 unspecified atom stereocenters. The molecule has 2 aliphatic heterocycles. The van der Waals surface area contributed by atoms with Crippen molar-refractivity contribution in [2.24, 2.45) is 11.8 Å². The van der Waals surface area contributed by atoms with Gasteiger partial charge in [-0.1, -0.05) is 23.2 Å². The minimum atomic E-state index is -0.614. The predicted octanol–water partition coefficient (Wildman–Crippen LogP) is 3.23. The molecule has 0 aliphatic carbocycles. The Bertz CT molecular complexity index is 662. The van der Waals surface area contributed by atoms with Crippen LogP contribution in [0.2, 0.25) is 10.0 Å². The highest BCUT2D eigenvalue weighted by Crippen LogP contribution is 2.31. The molecule has 2 aliphatic rings. The largest absolute Gasteiger partial charge is 0.381 e. The Morgan fingerprint density at radius 2 is 2.12 bits per heavy atom. The van der Waals surface area contributed by atoms with Gasteiger partial charge in [0.25, 0.3) is 0 Å². The van der Waals surface area contributed by atoms with E-state index in [0.717, 1.165) is 13.0 Å². The van der Waals surface area contributed by atoms with Crippen LogP contribution in [-0.2, 0) is 14.3 Å². The molecule has 0 aromatic heterocycles. The summed E-state index contributed by atoms with van der Waals surface area (Å²) in [5.74, 6) is -0.491. The SMILES string of the molecule is CCN(CC1CCOC1)C(=O)C1CCN(c2ccc(Cl)c(Cl)c2)C1=O. The lowest BCUT2D eigenvalue weighted by molar-refractivity contribution is -0.140. The van der Waals surface area contributed by atoms with E-state index in [4.69, 9.17) is 27.9 Å². The van der Waals surface area contributed by atoms with Crippen LogP contribution in [0.5, 0.6) is 0 Å². The molecule has 2 saturated heterocycles. The standard InChI is InChI=1S/C18H22Cl2N2O3/c1-2-21(10-12-6-8-25-11-12)17(23)14-5-7-22(18(14)24)13-3-4-15(19)16(20)9-13/h3-4,9,12,14H,2,5-8,10-11H2,1H3. The number of halogens is 2. The Morgan fingerprint density at radius 1 is 1.32 bits per heavy atom. The van der Waals surface area contributed by atoms with Crippen LogP contribution in [-0.4, -0.2) is 49.6 Å². The number of ether oxygens (including phenoxy) is 1. The van der Waals surface area contributed by atoms with E-state index in [1.807, 2.05) is 6.92 Å². The third-order valence-corrected chi connectivity index (χ3v) is 5.65. The summed E-state index contributed by atoms with van der Waals surface area (Å²) < 4.78 is 5.39. The second kappa shape index (κ2) is 7.94. The number of carbonyl (C=O) groups excluding carboxylic acids is 2. The first-order valence-electron chi connectivity index (χ1n) is 8.64. The van der Waals surface area contributed by atoms with Crippen LogP contribution in [0.15, 0.2) is 18.2 Å². The quantitative estimate of drug-likeness (QED) is 0.732. The summed E-state index contributed by atoms with van der Waals surface area (Å²) in [7, 11) is 0. The van der Waals surface area contributed by atoms with Crippen molar-refractivity contribution in [3.63, 3.8) is 0 Å². The number of amides is 2. The molecule has 2 heterocycles. The molecule has 0 radical (unpaired) electrons. The lowest BCUT2D eigenvalue weighted by Gasteiger charge is -2.26. The summed E-state index contributed by atoms with van der Waals surface area (Å²) >= 11 is 12.0. The van der Waals surface area contributed by atoms with Crippen molar-refractivity contribution in [1.82, 2.24) is 4.90 Å². The molecule has 0 N–H and O–H groups in total. The summed E-state index contributed by atoms with van der Waals surface area (Å²) in [4.78, 5) is 29.1. The summed E-state index contributed by atoms with van der Waals surface area (Å²) in [5, 5.41) is 0.846. The number of hydrogen-bond acceptors (Lipinski definition) is 3. The smallest absolute Gasteiger partial charge is 0.239 e. The van der Waals surface area contributed by atoms with E-state index in [0.29, 0.717) is 54.3 Å². The fraction of sp³-hybridized carbons (Fsp3) is 0.556. The molecule has 5 nitrogen and oxygen atoms in total. The van der Waals surface area contributed by atoms with Crippen LogP contribution >= 0.6 is 23.2 Å². The summed E-state index contributed by atoms with van der Waals surface area (Å²) in [6.07, 6.45) is 1.49. The third-order valence-electron chi connectivity index (χ3n) is 4.91. The van der Waals surface area contributed by atoms with E-state index in [-0.39, 0.29) is 11.8 Å². The van der Waals surface area contributed by atoms with Gasteiger partial charge in [0, 0.05) is 37.8 Å². The Labute approximate surface area is 157 Å². The van der Waals surface area contributed by atoms with Crippen molar-refractivity contribution in [3.05, 3.63) is 28.2 Å². The maximum atomic E-state index is 12.9. The van der Waals surface area contributed by atoms with E-state index >= 15 is 0 Å². The highest BCUT2D eigenvalue weighted by atomic mass is 35.5. The molecule has 7 heteroatoms. The second-order valence-corrected chi connectivity index (χ2v) is 7.35. The van der Waals surface area contributed by atoms with Crippen LogP contribution in [0.4, 0.5) is 5.69 Å². The van der Waals surface area contributed by atoms with Gasteiger partial charge in [-0.2, -0.15) is 0 Å². The maximum Gasteiger partial charge on any atom is 0.239 e. The number of benzene rings is 1. The topological polar surface area (TPSA) is 49.9 Å². The van der Waals surface area contributed by atoms with Crippen LogP contribution in [0.3, 0.4) is 0 Å². The van der Waals surface area contributed by atoms with Crippen molar-refractivity contribution >= 4 is 40.7 Å².